The molecule has 0 bridgehead atoms. The van der Waals surface area contributed by atoms with Gasteiger partial charge in [0, 0.05) is 7.05 Å². The molecule has 2 rings (SSSR count). The van der Waals surface area contributed by atoms with E-state index in [9.17, 15) is 4.79 Å². The second-order valence-electron chi connectivity index (χ2n) is 5.03. The summed E-state index contributed by atoms with van der Waals surface area (Å²) in [5.74, 6) is -0.325. The summed E-state index contributed by atoms with van der Waals surface area (Å²) in [6, 6.07) is 5.86. The summed E-state index contributed by atoms with van der Waals surface area (Å²) in [5, 5.41) is 0. The van der Waals surface area contributed by atoms with Gasteiger partial charge in [0.2, 0.25) is 0 Å². The molecule has 2 aromatic rings. The van der Waals surface area contributed by atoms with Crippen molar-refractivity contribution < 1.29 is 4.42 Å². The third-order valence-electron chi connectivity index (χ3n) is 3.34. The SMILES string of the molecule is Cn1c(=O)oc2ccc(C(C)(C)CCN)cc21. The standard InChI is InChI=1S/C13H18N2O2/c1-13(2,6-7-14)9-4-5-11-10(8-9)15(3)12(16)17-11/h4-5,8H,6-7,14H2,1-3H3. The summed E-state index contributed by atoms with van der Waals surface area (Å²) in [4.78, 5) is 11.4. The molecule has 0 radical (unpaired) electrons. The lowest BCUT2D eigenvalue weighted by Gasteiger charge is -2.24. The molecule has 0 aliphatic carbocycles. The molecule has 0 spiro atoms. The molecule has 0 saturated heterocycles. The summed E-state index contributed by atoms with van der Waals surface area (Å²) in [6.45, 7) is 4.95. The van der Waals surface area contributed by atoms with E-state index < -0.39 is 0 Å². The molecular weight excluding hydrogens is 216 g/mol. The molecule has 92 valence electrons. The maximum absolute atomic E-state index is 11.4. The summed E-state index contributed by atoms with van der Waals surface area (Å²) in [7, 11) is 1.72. The number of rotatable bonds is 3. The number of oxazole rings is 1. The van der Waals surface area contributed by atoms with Crippen molar-refractivity contribution in [3.8, 4) is 0 Å². The largest absolute Gasteiger partial charge is 0.419 e. The Balaban J connectivity index is 2.58. The first-order chi connectivity index (χ1) is 7.95. The molecule has 0 atom stereocenters. The van der Waals surface area contributed by atoms with Gasteiger partial charge in [0.1, 0.15) is 0 Å². The summed E-state index contributed by atoms with van der Waals surface area (Å²) < 4.78 is 6.63. The van der Waals surface area contributed by atoms with Crippen LogP contribution in [0, 0.1) is 0 Å². The number of nitrogens with zero attached hydrogens (tertiary/aromatic N) is 1. The smallest absolute Gasteiger partial charge is 0.408 e. The van der Waals surface area contributed by atoms with Gasteiger partial charge in [-0.2, -0.15) is 0 Å². The van der Waals surface area contributed by atoms with E-state index in [1.54, 1.807) is 7.05 Å². The van der Waals surface area contributed by atoms with Crippen molar-refractivity contribution in [3.05, 3.63) is 34.3 Å². The van der Waals surface area contributed by atoms with E-state index in [0.29, 0.717) is 12.1 Å². The van der Waals surface area contributed by atoms with Crippen LogP contribution < -0.4 is 11.5 Å². The van der Waals surface area contributed by atoms with Gasteiger partial charge in [0.25, 0.3) is 0 Å². The molecule has 1 heterocycles. The van der Waals surface area contributed by atoms with Crippen LogP contribution in [-0.4, -0.2) is 11.1 Å². The summed E-state index contributed by atoms with van der Waals surface area (Å²) >= 11 is 0. The molecule has 1 aromatic carbocycles. The van der Waals surface area contributed by atoms with Crippen molar-refractivity contribution in [1.29, 1.82) is 0 Å². The van der Waals surface area contributed by atoms with Gasteiger partial charge in [-0.1, -0.05) is 19.9 Å². The lowest BCUT2D eigenvalue weighted by Crippen LogP contribution is -2.21. The molecule has 4 heteroatoms. The van der Waals surface area contributed by atoms with Crippen molar-refractivity contribution in [2.45, 2.75) is 25.7 Å². The number of fused-ring (bicyclic) bond motifs is 1. The highest BCUT2D eigenvalue weighted by atomic mass is 16.4. The fraction of sp³-hybridized carbons (Fsp3) is 0.462. The van der Waals surface area contributed by atoms with Crippen LogP contribution in [0.4, 0.5) is 0 Å². The van der Waals surface area contributed by atoms with E-state index in [-0.39, 0.29) is 11.2 Å². The van der Waals surface area contributed by atoms with Gasteiger partial charge in [0.05, 0.1) is 5.52 Å². The number of hydrogen-bond acceptors (Lipinski definition) is 3. The quantitative estimate of drug-likeness (QED) is 0.880. The number of aryl methyl sites for hydroxylation is 1. The van der Waals surface area contributed by atoms with E-state index in [0.717, 1.165) is 11.9 Å². The maximum Gasteiger partial charge on any atom is 0.419 e. The van der Waals surface area contributed by atoms with Crippen LogP contribution in [0.2, 0.25) is 0 Å². The van der Waals surface area contributed by atoms with Crippen molar-refractivity contribution in [2.24, 2.45) is 12.8 Å². The Hall–Kier alpha value is -1.55. The van der Waals surface area contributed by atoms with Crippen LogP contribution >= 0.6 is 0 Å². The summed E-state index contributed by atoms with van der Waals surface area (Å²) in [5.41, 5.74) is 8.27. The van der Waals surface area contributed by atoms with Gasteiger partial charge < -0.3 is 10.2 Å². The Morgan fingerprint density at radius 2 is 2.12 bits per heavy atom. The topological polar surface area (TPSA) is 61.2 Å². The molecule has 0 aliphatic heterocycles. The predicted molar refractivity (Wildman–Crippen MR) is 68.2 cm³/mol. The zero-order valence-electron chi connectivity index (χ0n) is 10.5. The maximum atomic E-state index is 11.4. The first-order valence-corrected chi connectivity index (χ1v) is 5.76. The zero-order chi connectivity index (χ0) is 12.6. The lowest BCUT2D eigenvalue weighted by atomic mass is 9.81. The Kier molecular flexibility index (Phi) is 2.83. The van der Waals surface area contributed by atoms with Crippen molar-refractivity contribution in [3.63, 3.8) is 0 Å². The van der Waals surface area contributed by atoms with Gasteiger partial charge >= 0.3 is 5.76 Å². The van der Waals surface area contributed by atoms with E-state index in [4.69, 9.17) is 10.2 Å². The normalized spacial score (nSPS) is 12.2. The van der Waals surface area contributed by atoms with Gasteiger partial charge in [-0.15, -0.1) is 0 Å². The minimum absolute atomic E-state index is 0.0102. The van der Waals surface area contributed by atoms with E-state index in [2.05, 4.69) is 13.8 Å². The van der Waals surface area contributed by atoms with Crippen LogP contribution in [0.25, 0.3) is 11.1 Å². The average molecular weight is 234 g/mol. The Morgan fingerprint density at radius 3 is 2.76 bits per heavy atom. The Morgan fingerprint density at radius 1 is 1.41 bits per heavy atom. The number of hydrogen-bond donors (Lipinski definition) is 1. The fourth-order valence-corrected chi connectivity index (χ4v) is 2.05. The Bertz CT molecular complexity index is 593. The fourth-order valence-electron chi connectivity index (χ4n) is 2.05. The minimum Gasteiger partial charge on any atom is -0.408 e. The number of nitrogens with two attached hydrogens (primary N) is 1. The summed E-state index contributed by atoms with van der Waals surface area (Å²) in [6.07, 6.45) is 0.907. The predicted octanol–water partition coefficient (Wildman–Crippen LogP) is 1.76. The van der Waals surface area contributed by atoms with Crippen molar-refractivity contribution in [2.75, 3.05) is 6.54 Å². The Labute approximate surface area is 100 Å². The van der Waals surface area contributed by atoms with Gasteiger partial charge in [-0.25, -0.2) is 4.79 Å². The van der Waals surface area contributed by atoms with Crippen LogP contribution in [-0.2, 0) is 12.5 Å². The molecule has 2 N–H and O–H groups in total. The second kappa shape index (κ2) is 4.04. The van der Waals surface area contributed by atoms with Crippen molar-refractivity contribution >= 4 is 11.1 Å². The average Bonchev–Trinajstić information content (AvgIpc) is 2.54. The van der Waals surface area contributed by atoms with Gasteiger partial charge in [-0.05, 0) is 36.1 Å². The van der Waals surface area contributed by atoms with Gasteiger partial charge in [-0.3, -0.25) is 4.57 Å². The highest BCUT2D eigenvalue weighted by Crippen LogP contribution is 2.28. The van der Waals surface area contributed by atoms with E-state index in [1.807, 2.05) is 18.2 Å². The minimum atomic E-state index is -0.325. The van der Waals surface area contributed by atoms with Crippen LogP contribution in [0.1, 0.15) is 25.8 Å². The molecule has 0 amide bonds. The first-order valence-electron chi connectivity index (χ1n) is 5.76. The van der Waals surface area contributed by atoms with E-state index in [1.165, 1.54) is 10.1 Å². The third-order valence-corrected chi connectivity index (χ3v) is 3.34. The van der Waals surface area contributed by atoms with E-state index >= 15 is 0 Å². The lowest BCUT2D eigenvalue weighted by molar-refractivity contribution is 0.488. The molecule has 4 nitrogen and oxygen atoms in total. The third kappa shape index (κ3) is 2.00. The van der Waals surface area contributed by atoms with Gasteiger partial charge in [0.15, 0.2) is 5.58 Å². The molecule has 0 fully saturated rings. The molecular formula is C13H18N2O2. The highest BCUT2D eigenvalue weighted by molar-refractivity contribution is 5.74. The molecule has 1 aromatic heterocycles. The first kappa shape index (κ1) is 11.9. The molecule has 0 unspecified atom stereocenters. The highest BCUT2D eigenvalue weighted by Gasteiger charge is 2.20. The molecule has 0 aliphatic rings. The van der Waals surface area contributed by atoms with Crippen LogP contribution in [0.15, 0.2) is 27.4 Å². The molecule has 0 saturated carbocycles. The molecule has 17 heavy (non-hydrogen) atoms. The second-order valence-corrected chi connectivity index (χ2v) is 5.03. The zero-order valence-corrected chi connectivity index (χ0v) is 10.5. The monoisotopic (exact) mass is 234 g/mol. The van der Waals surface area contributed by atoms with Crippen LogP contribution in [0.5, 0.6) is 0 Å². The number of benzene rings is 1. The van der Waals surface area contributed by atoms with Crippen LogP contribution in [0.3, 0.4) is 0 Å². The number of aromatic nitrogens is 1. The van der Waals surface area contributed by atoms with Crippen molar-refractivity contribution in [1.82, 2.24) is 4.57 Å².